The maximum Gasteiger partial charge on any atom is 0.331 e. The second kappa shape index (κ2) is 7.31. The summed E-state index contributed by atoms with van der Waals surface area (Å²) in [5, 5.41) is 0. The smallest absolute Gasteiger partial charge is 0.331 e. The summed E-state index contributed by atoms with van der Waals surface area (Å²) in [7, 11) is 4.54. The summed E-state index contributed by atoms with van der Waals surface area (Å²) < 4.78 is 15.5. The van der Waals surface area contributed by atoms with E-state index in [0.717, 1.165) is 11.1 Å². The molecule has 0 amide bonds. The van der Waals surface area contributed by atoms with E-state index in [0.29, 0.717) is 17.1 Å². The first-order chi connectivity index (χ1) is 10.7. The van der Waals surface area contributed by atoms with Crippen LogP contribution in [0.3, 0.4) is 0 Å². The summed E-state index contributed by atoms with van der Waals surface area (Å²) in [5.41, 5.74) is 2.36. The molecule has 4 nitrogen and oxygen atoms in total. The third-order valence-electron chi connectivity index (χ3n) is 3.24. The summed E-state index contributed by atoms with van der Waals surface area (Å²) in [6.07, 6.45) is 1.45. The second-order valence-corrected chi connectivity index (χ2v) is 4.51. The summed E-state index contributed by atoms with van der Waals surface area (Å²) in [4.78, 5) is 11.8. The van der Waals surface area contributed by atoms with Crippen LogP contribution in [0.1, 0.15) is 11.1 Å². The minimum atomic E-state index is -0.427. The monoisotopic (exact) mass is 298 g/mol. The van der Waals surface area contributed by atoms with Crippen LogP contribution in [0.5, 0.6) is 11.5 Å². The summed E-state index contributed by atoms with van der Waals surface area (Å²) >= 11 is 0. The molecule has 0 fully saturated rings. The average Bonchev–Trinajstić information content (AvgIpc) is 2.59. The molecule has 0 aromatic heterocycles. The van der Waals surface area contributed by atoms with E-state index in [1.165, 1.54) is 13.2 Å². The zero-order valence-electron chi connectivity index (χ0n) is 12.8. The van der Waals surface area contributed by atoms with Gasteiger partial charge in [-0.15, -0.1) is 0 Å². The van der Waals surface area contributed by atoms with E-state index in [1.54, 1.807) is 14.2 Å². The molecule has 0 aliphatic heterocycles. The first-order valence-electron chi connectivity index (χ1n) is 6.77. The van der Waals surface area contributed by atoms with Crippen molar-refractivity contribution in [2.24, 2.45) is 0 Å². The number of rotatable bonds is 5. The van der Waals surface area contributed by atoms with Gasteiger partial charge in [-0.05, 0) is 29.3 Å². The quantitative estimate of drug-likeness (QED) is 0.627. The first kappa shape index (κ1) is 15.6. The van der Waals surface area contributed by atoms with Crippen LogP contribution in [0, 0.1) is 0 Å². The molecule has 2 aromatic rings. The number of hydrogen-bond donors (Lipinski definition) is 0. The molecule has 4 heteroatoms. The van der Waals surface area contributed by atoms with Gasteiger partial charge in [-0.25, -0.2) is 4.79 Å². The van der Waals surface area contributed by atoms with Crippen molar-refractivity contribution in [2.75, 3.05) is 21.3 Å². The van der Waals surface area contributed by atoms with Gasteiger partial charge in [-0.2, -0.15) is 0 Å². The maximum atomic E-state index is 11.8. The maximum absolute atomic E-state index is 11.8. The van der Waals surface area contributed by atoms with E-state index in [1.807, 2.05) is 48.5 Å². The predicted octanol–water partition coefficient (Wildman–Crippen LogP) is 3.31. The Morgan fingerprint density at radius 3 is 2.27 bits per heavy atom. The molecule has 0 saturated carbocycles. The summed E-state index contributed by atoms with van der Waals surface area (Å²) in [5.74, 6) is 0.908. The van der Waals surface area contributed by atoms with Gasteiger partial charge < -0.3 is 14.2 Å². The van der Waals surface area contributed by atoms with Gasteiger partial charge in [0.15, 0.2) is 0 Å². The lowest BCUT2D eigenvalue weighted by molar-refractivity contribution is -0.134. The van der Waals surface area contributed by atoms with Crippen molar-refractivity contribution in [1.82, 2.24) is 0 Å². The molecule has 2 aromatic carbocycles. The normalized spacial score (nSPS) is 11.0. The van der Waals surface area contributed by atoms with E-state index in [-0.39, 0.29) is 0 Å². The highest BCUT2D eigenvalue weighted by Gasteiger charge is 2.14. The van der Waals surface area contributed by atoms with Crippen LogP contribution < -0.4 is 9.47 Å². The molecule has 0 aliphatic carbocycles. The lowest BCUT2D eigenvalue weighted by Crippen LogP contribution is -2.00. The third kappa shape index (κ3) is 3.47. The van der Waals surface area contributed by atoms with Crippen molar-refractivity contribution >= 4 is 11.5 Å². The minimum absolute atomic E-state index is 0.427. The highest BCUT2D eigenvalue weighted by Crippen LogP contribution is 2.34. The zero-order chi connectivity index (χ0) is 15.9. The van der Waals surface area contributed by atoms with Gasteiger partial charge in [0.05, 0.1) is 21.3 Å². The fraction of sp³-hybridized carbons (Fsp3) is 0.167. The fourth-order valence-electron chi connectivity index (χ4n) is 2.14. The van der Waals surface area contributed by atoms with Crippen LogP contribution in [0.4, 0.5) is 0 Å². The minimum Gasteiger partial charge on any atom is -0.497 e. The molecular weight excluding hydrogens is 280 g/mol. The Labute approximate surface area is 129 Å². The standard InChI is InChI=1S/C18H18O4/c1-20-14-9-10-17(21-2)16(11-14)15(12-18(19)22-3)13-7-5-4-6-8-13/h4-12H,1-3H3/b15-12-. The van der Waals surface area contributed by atoms with Gasteiger partial charge in [0, 0.05) is 11.6 Å². The van der Waals surface area contributed by atoms with Gasteiger partial charge in [0.2, 0.25) is 0 Å². The summed E-state index contributed by atoms with van der Waals surface area (Å²) in [6, 6.07) is 15.0. The third-order valence-corrected chi connectivity index (χ3v) is 3.24. The SMILES string of the molecule is COC(=O)/C=C(/c1ccccc1)c1cc(OC)ccc1OC. The molecule has 0 unspecified atom stereocenters. The number of benzene rings is 2. The highest BCUT2D eigenvalue weighted by atomic mass is 16.5. The Bertz CT molecular complexity index is 675. The van der Waals surface area contributed by atoms with Crippen molar-refractivity contribution in [3.63, 3.8) is 0 Å². The molecule has 0 spiro atoms. The van der Waals surface area contributed by atoms with Crippen molar-refractivity contribution in [2.45, 2.75) is 0 Å². The Kier molecular flexibility index (Phi) is 5.20. The second-order valence-electron chi connectivity index (χ2n) is 4.51. The van der Waals surface area contributed by atoms with Crippen molar-refractivity contribution in [3.05, 3.63) is 65.7 Å². The first-order valence-corrected chi connectivity index (χ1v) is 6.77. The van der Waals surface area contributed by atoms with Gasteiger partial charge in [-0.1, -0.05) is 30.3 Å². The predicted molar refractivity (Wildman–Crippen MR) is 85.1 cm³/mol. The zero-order valence-corrected chi connectivity index (χ0v) is 12.8. The van der Waals surface area contributed by atoms with E-state index in [4.69, 9.17) is 14.2 Å². The number of carbonyl (C=O) groups excluding carboxylic acids is 1. The van der Waals surface area contributed by atoms with Crippen LogP contribution in [0.2, 0.25) is 0 Å². The van der Waals surface area contributed by atoms with E-state index >= 15 is 0 Å². The summed E-state index contributed by atoms with van der Waals surface area (Å²) in [6.45, 7) is 0. The molecule has 0 bridgehead atoms. The van der Waals surface area contributed by atoms with Crippen LogP contribution in [0.15, 0.2) is 54.6 Å². The van der Waals surface area contributed by atoms with E-state index < -0.39 is 5.97 Å². The number of carbonyl (C=O) groups is 1. The van der Waals surface area contributed by atoms with E-state index in [9.17, 15) is 4.79 Å². The highest BCUT2D eigenvalue weighted by molar-refractivity contribution is 5.97. The van der Waals surface area contributed by atoms with Gasteiger partial charge in [0.1, 0.15) is 11.5 Å². The largest absolute Gasteiger partial charge is 0.497 e. The molecule has 0 atom stereocenters. The lowest BCUT2D eigenvalue weighted by Gasteiger charge is -2.14. The van der Waals surface area contributed by atoms with Crippen LogP contribution in [-0.2, 0) is 9.53 Å². The average molecular weight is 298 g/mol. The number of hydrogen-bond acceptors (Lipinski definition) is 4. The van der Waals surface area contributed by atoms with Crippen LogP contribution in [-0.4, -0.2) is 27.3 Å². The van der Waals surface area contributed by atoms with Gasteiger partial charge in [0.25, 0.3) is 0 Å². The molecule has 0 heterocycles. The Morgan fingerprint density at radius 1 is 0.955 bits per heavy atom. The Balaban J connectivity index is 2.64. The number of ether oxygens (including phenoxy) is 3. The molecule has 0 radical (unpaired) electrons. The molecule has 22 heavy (non-hydrogen) atoms. The lowest BCUT2D eigenvalue weighted by atomic mass is 9.96. The Hall–Kier alpha value is -2.75. The van der Waals surface area contributed by atoms with E-state index in [2.05, 4.69) is 0 Å². The fourth-order valence-corrected chi connectivity index (χ4v) is 2.14. The topological polar surface area (TPSA) is 44.8 Å². The molecular formula is C18H18O4. The molecule has 0 aliphatic rings. The molecule has 0 N–H and O–H groups in total. The molecule has 114 valence electrons. The van der Waals surface area contributed by atoms with Crippen LogP contribution >= 0.6 is 0 Å². The molecule has 2 rings (SSSR count). The van der Waals surface area contributed by atoms with Crippen molar-refractivity contribution in [3.8, 4) is 11.5 Å². The van der Waals surface area contributed by atoms with Crippen molar-refractivity contribution in [1.29, 1.82) is 0 Å². The van der Waals surface area contributed by atoms with Gasteiger partial charge >= 0.3 is 5.97 Å². The van der Waals surface area contributed by atoms with Gasteiger partial charge in [-0.3, -0.25) is 0 Å². The van der Waals surface area contributed by atoms with Crippen molar-refractivity contribution < 1.29 is 19.0 Å². The Morgan fingerprint density at radius 2 is 1.68 bits per heavy atom. The number of esters is 1. The molecule has 0 saturated heterocycles. The van der Waals surface area contributed by atoms with Crippen LogP contribution in [0.25, 0.3) is 5.57 Å². The number of methoxy groups -OCH3 is 3.